The molecule has 0 atom stereocenters. The average molecular weight is 750 g/mol. The molecule has 0 aromatic heterocycles. The highest BCUT2D eigenvalue weighted by Crippen LogP contribution is 2.68. The molecule has 0 aliphatic heterocycles. The summed E-state index contributed by atoms with van der Waals surface area (Å²) in [6.45, 7) is 0. The predicted molar refractivity (Wildman–Crippen MR) is 106 cm³/mol. The van der Waals surface area contributed by atoms with E-state index in [1.54, 1.807) is 0 Å². The molecule has 0 saturated heterocycles. The van der Waals surface area contributed by atoms with Crippen LogP contribution < -0.4 is 0 Å². The number of fused-ring (bicyclic) bond motifs is 2. The Labute approximate surface area is 247 Å². The van der Waals surface area contributed by atoms with Gasteiger partial charge in [0.05, 0.1) is 0 Å². The summed E-state index contributed by atoms with van der Waals surface area (Å²) >= 11 is 0. The van der Waals surface area contributed by atoms with E-state index in [4.69, 9.17) is 0 Å². The van der Waals surface area contributed by atoms with Crippen LogP contribution in [0.3, 0.4) is 0 Å². The van der Waals surface area contributed by atoms with Crippen molar-refractivity contribution in [1.82, 2.24) is 0 Å². The van der Waals surface area contributed by atoms with Crippen LogP contribution in [-0.4, -0.2) is 35.5 Å². The fourth-order valence-corrected chi connectivity index (χ4v) is 4.77. The van der Waals surface area contributed by atoms with Crippen molar-refractivity contribution in [2.75, 3.05) is 0 Å². The number of benzene rings is 2. The minimum Gasteiger partial charge on any atom is -0.194 e. The average Bonchev–Trinajstić information content (AvgIpc) is 2.94. The molecule has 0 bridgehead atoms. The second-order valence-corrected chi connectivity index (χ2v) is 10.4. The standard InChI is InChI=1S/C24H6F24/c25-13(26,7-1-3-9-11(5-7)17(33,34)23(45,46)21(41,42)15(9,29)30)19(37,38)20(39,40)14(27,28)8-2-4-10-12(6-8)18(35,36)24(47,48)22(43,44)16(10,31)32/h1-6H. The normalized spacial score (nSPS) is 24.8. The molecule has 0 fully saturated rings. The van der Waals surface area contributed by atoms with Crippen molar-refractivity contribution in [3.8, 4) is 0 Å². The highest BCUT2D eigenvalue weighted by atomic mass is 19.4. The fraction of sp³-hybridized carbons (Fsp3) is 0.500. The molecule has 48 heavy (non-hydrogen) atoms. The first-order valence-corrected chi connectivity index (χ1v) is 11.8. The largest absolute Gasteiger partial charge is 0.382 e. The summed E-state index contributed by atoms with van der Waals surface area (Å²) < 4.78 is 340. The lowest BCUT2D eigenvalue weighted by molar-refractivity contribution is -0.387. The molecule has 0 unspecified atom stereocenters. The summed E-state index contributed by atoms with van der Waals surface area (Å²) in [6.07, 6.45) is 0. The molecular weight excluding hydrogens is 744 g/mol. The second-order valence-electron chi connectivity index (χ2n) is 10.4. The Balaban J connectivity index is 1.88. The minimum absolute atomic E-state index is 1.05. The molecule has 0 nitrogen and oxygen atoms in total. The Morgan fingerprint density at radius 3 is 0.750 bits per heavy atom. The summed E-state index contributed by atoms with van der Waals surface area (Å²) in [5, 5.41) is 0. The fourth-order valence-electron chi connectivity index (χ4n) is 4.77. The SMILES string of the molecule is FC(F)(c1ccc2c(c1)C(F)(F)C(F)(F)C(F)(F)C2(F)F)C(F)(F)C(F)(F)C(F)(F)c1ccc2c(c1)C(F)(F)C(F)(F)C(F)(F)C2(F)F. The molecule has 0 saturated carbocycles. The maximum atomic E-state index is 14.8. The molecule has 0 N–H and O–H groups in total. The topological polar surface area (TPSA) is 0 Å². The molecule has 0 spiro atoms. The van der Waals surface area contributed by atoms with Gasteiger partial charge in [-0.1, -0.05) is 24.3 Å². The van der Waals surface area contributed by atoms with Gasteiger partial charge in [0.25, 0.3) is 0 Å². The molecule has 2 aromatic carbocycles. The van der Waals surface area contributed by atoms with Crippen LogP contribution in [0.2, 0.25) is 0 Å². The van der Waals surface area contributed by atoms with Gasteiger partial charge < -0.3 is 0 Å². The van der Waals surface area contributed by atoms with Gasteiger partial charge in [0.15, 0.2) is 0 Å². The van der Waals surface area contributed by atoms with Crippen LogP contribution in [0.1, 0.15) is 33.4 Å². The molecule has 0 heterocycles. The lowest BCUT2D eigenvalue weighted by Crippen LogP contribution is -2.64. The van der Waals surface area contributed by atoms with Gasteiger partial charge in [-0.2, -0.15) is 105 Å². The quantitative estimate of drug-likeness (QED) is 0.267. The van der Waals surface area contributed by atoms with Gasteiger partial charge in [0, 0.05) is 33.4 Å². The third-order valence-corrected chi connectivity index (χ3v) is 7.67. The van der Waals surface area contributed by atoms with Crippen LogP contribution in [0.5, 0.6) is 0 Å². The van der Waals surface area contributed by atoms with Gasteiger partial charge >= 0.3 is 71.1 Å². The van der Waals surface area contributed by atoms with Crippen molar-refractivity contribution in [1.29, 1.82) is 0 Å². The zero-order chi connectivity index (χ0) is 37.7. The number of alkyl halides is 24. The van der Waals surface area contributed by atoms with Crippen LogP contribution in [-0.2, 0) is 35.5 Å². The van der Waals surface area contributed by atoms with Gasteiger partial charge in [-0.3, -0.25) is 0 Å². The zero-order valence-corrected chi connectivity index (χ0v) is 21.5. The van der Waals surface area contributed by atoms with Crippen molar-refractivity contribution in [3.63, 3.8) is 0 Å². The Kier molecular flexibility index (Phi) is 7.28. The van der Waals surface area contributed by atoms with Crippen molar-refractivity contribution < 1.29 is 105 Å². The summed E-state index contributed by atoms with van der Waals surface area (Å²) in [6, 6.07) is -7.34. The highest BCUT2D eigenvalue weighted by Gasteiger charge is 2.87. The van der Waals surface area contributed by atoms with E-state index in [2.05, 4.69) is 0 Å². The van der Waals surface area contributed by atoms with E-state index in [-0.39, 0.29) is 0 Å². The van der Waals surface area contributed by atoms with Crippen molar-refractivity contribution in [2.24, 2.45) is 0 Å². The molecule has 2 aliphatic carbocycles. The lowest BCUT2D eigenvalue weighted by atomic mass is 9.77. The third-order valence-electron chi connectivity index (χ3n) is 7.67. The molecule has 2 aliphatic rings. The molecule has 24 heteroatoms. The number of hydrogen-bond donors (Lipinski definition) is 0. The van der Waals surface area contributed by atoms with E-state index in [1.165, 1.54) is 0 Å². The van der Waals surface area contributed by atoms with Crippen LogP contribution in [0, 0.1) is 0 Å². The van der Waals surface area contributed by atoms with E-state index in [0.717, 1.165) is 0 Å². The van der Waals surface area contributed by atoms with Crippen molar-refractivity contribution in [3.05, 3.63) is 69.8 Å². The van der Waals surface area contributed by atoms with E-state index in [9.17, 15) is 105 Å². The Bertz CT molecular complexity index is 1530. The van der Waals surface area contributed by atoms with Gasteiger partial charge in [-0.05, 0) is 12.1 Å². The maximum Gasteiger partial charge on any atom is 0.382 e. The molecule has 4 rings (SSSR count). The van der Waals surface area contributed by atoms with Crippen LogP contribution in [0.25, 0.3) is 0 Å². The zero-order valence-electron chi connectivity index (χ0n) is 21.5. The summed E-state index contributed by atoms with van der Waals surface area (Å²) in [4.78, 5) is 0. The monoisotopic (exact) mass is 750 g/mol. The Morgan fingerprint density at radius 1 is 0.312 bits per heavy atom. The van der Waals surface area contributed by atoms with Crippen molar-refractivity contribution in [2.45, 2.75) is 71.1 Å². The number of halogens is 24. The molecular formula is C24H6F24. The van der Waals surface area contributed by atoms with Gasteiger partial charge in [0.2, 0.25) is 0 Å². The molecule has 0 radical (unpaired) electrons. The third kappa shape index (κ3) is 3.82. The first-order valence-electron chi connectivity index (χ1n) is 11.8. The minimum atomic E-state index is -7.84. The number of rotatable bonds is 5. The lowest BCUT2D eigenvalue weighted by Gasteiger charge is -2.43. The van der Waals surface area contributed by atoms with Crippen LogP contribution >= 0.6 is 0 Å². The summed E-state index contributed by atoms with van der Waals surface area (Å²) in [5.41, 5.74) is -19.0. The van der Waals surface area contributed by atoms with Crippen LogP contribution in [0.4, 0.5) is 105 Å². The first-order chi connectivity index (χ1) is 20.9. The highest BCUT2D eigenvalue weighted by molar-refractivity contribution is 5.48. The molecule has 0 amide bonds. The van der Waals surface area contributed by atoms with Gasteiger partial charge in [0.1, 0.15) is 0 Å². The Morgan fingerprint density at radius 2 is 0.521 bits per heavy atom. The van der Waals surface area contributed by atoms with E-state index in [1.807, 2.05) is 0 Å². The maximum absolute atomic E-state index is 14.8. The van der Waals surface area contributed by atoms with Gasteiger partial charge in [-0.25, -0.2) is 0 Å². The Hall–Kier alpha value is -3.24. The molecule has 2 aromatic rings. The first kappa shape index (κ1) is 37.6. The summed E-state index contributed by atoms with van der Waals surface area (Å²) in [5.74, 6) is -84.6. The van der Waals surface area contributed by atoms with Crippen molar-refractivity contribution >= 4 is 0 Å². The summed E-state index contributed by atoms with van der Waals surface area (Å²) in [7, 11) is 0. The van der Waals surface area contributed by atoms with Gasteiger partial charge in [-0.15, -0.1) is 0 Å². The predicted octanol–water partition coefficient (Wildman–Crippen LogP) is 10.8. The smallest absolute Gasteiger partial charge is 0.194 e. The van der Waals surface area contributed by atoms with Crippen LogP contribution in [0.15, 0.2) is 36.4 Å². The van der Waals surface area contributed by atoms with E-state index >= 15 is 0 Å². The van der Waals surface area contributed by atoms with E-state index in [0.29, 0.717) is 0 Å². The second kappa shape index (κ2) is 9.30. The number of hydrogen-bond acceptors (Lipinski definition) is 0. The van der Waals surface area contributed by atoms with E-state index < -0.39 is 141 Å². The molecule has 270 valence electrons.